The molecule has 2 rings (SSSR count). The molecule has 1 amide bonds. The molecular formula is C17H15BrCl3N3OS. The van der Waals surface area contributed by atoms with E-state index in [1.807, 2.05) is 43.3 Å². The van der Waals surface area contributed by atoms with Gasteiger partial charge < -0.3 is 16.0 Å². The van der Waals surface area contributed by atoms with Crippen molar-refractivity contribution in [2.24, 2.45) is 0 Å². The maximum atomic E-state index is 12.5. The Balaban J connectivity index is 2.07. The van der Waals surface area contributed by atoms with Gasteiger partial charge in [0.1, 0.15) is 6.17 Å². The van der Waals surface area contributed by atoms with Crippen LogP contribution in [0.1, 0.15) is 15.9 Å². The number of alkyl halides is 3. The van der Waals surface area contributed by atoms with Crippen molar-refractivity contribution in [1.29, 1.82) is 0 Å². The van der Waals surface area contributed by atoms with Crippen molar-refractivity contribution < 1.29 is 4.79 Å². The molecule has 0 aromatic heterocycles. The van der Waals surface area contributed by atoms with Gasteiger partial charge in [0.05, 0.1) is 0 Å². The van der Waals surface area contributed by atoms with Gasteiger partial charge in [-0.2, -0.15) is 0 Å². The molecule has 3 N–H and O–H groups in total. The summed E-state index contributed by atoms with van der Waals surface area (Å²) in [6.45, 7) is 1.83. The number of amides is 1. The van der Waals surface area contributed by atoms with Crippen LogP contribution in [0.5, 0.6) is 0 Å². The Kier molecular flexibility index (Phi) is 7.55. The summed E-state index contributed by atoms with van der Waals surface area (Å²) in [6, 6.07) is 14.5. The Morgan fingerprint density at radius 1 is 1.08 bits per heavy atom. The molecule has 0 bridgehead atoms. The zero-order chi connectivity index (χ0) is 19.3. The fourth-order valence-electron chi connectivity index (χ4n) is 2.07. The number of thiocarbonyl (C=S) groups is 1. The number of anilines is 1. The van der Waals surface area contributed by atoms with Crippen molar-refractivity contribution in [3.8, 4) is 0 Å². The summed E-state index contributed by atoms with van der Waals surface area (Å²) in [5.74, 6) is -0.377. The quantitative estimate of drug-likeness (QED) is 0.311. The molecule has 0 heterocycles. The molecule has 9 heteroatoms. The number of halogens is 4. The van der Waals surface area contributed by atoms with E-state index in [9.17, 15) is 4.79 Å². The maximum absolute atomic E-state index is 12.5. The minimum atomic E-state index is -1.82. The van der Waals surface area contributed by atoms with E-state index in [0.29, 0.717) is 5.56 Å². The highest BCUT2D eigenvalue weighted by Gasteiger charge is 2.35. The van der Waals surface area contributed by atoms with Crippen LogP contribution in [0.3, 0.4) is 0 Å². The molecule has 26 heavy (non-hydrogen) atoms. The number of hydrogen-bond acceptors (Lipinski definition) is 2. The number of benzene rings is 2. The van der Waals surface area contributed by atoms with Crippen LogP contribution in [0.25, 0.3) is 0 Å². The van der Waals surface area contributed by atoms with Crippen LogP contribution in [-0.2, 0) is 0 Å². The molecule has 0 unspecified atom stereocenters. The third-order valence-corrected chi connectivity index (χ3v) is 4.77. The van der Waals surface area contributed by atoms with E-state index in [-0.39, 0.29) is 11.0 Å². The summed E-state index contributed by atoms with van der Waals surface area (Å²) >= 11 is 26.6. The van der Waals surface area contributed by atoms with E-state index >= 15 is 0 Å². The zero-order valence-corrected chi connectivity index (χ0v) is 18.2. The van der Waals surface area contributed by atoms with Crippen LogP contribution in [-0.4, -0.2) is 21.0 Å². The van der Waals surface area contributed by atoms with Gasteiger partial charge in [-0.25, -0.2) is 0 Å². The Morgan fingerprint density at radius 3 is 2.27 bits per heavy atom. The molecule has 2 aromatic rings. The first kappa shape index (κ1) is 21.3. The topological polar surface area (TPSA) is 53.2 Å². The van der Waals surface area contributed by atoms with Gasteiger partial charge in [0.2, 0.25) is 3.79 Å². The van der Waals surface area contributed by atoms with Gasteiger partial charge in [-0.1, -0.05) is 68.9 Å². The standard InChI is InChI=1S/C17H15BrCl3N3OS/c1-10-4-2-3-5-13(10)14(25)23-15(17(19,20)21)24-16(26)22-12-8-6-11(18)7-9-12/h2-9,15H,1H3,(H,23,25)(H2,22,24,26)/t15-/m1/s1. The molecule has 138 valence electrons. The average Bonchev–Trinajstić information content (AvgIpc) is 2.56. The molecule has 0 aliphatic carbocycles. The second kappa shape index (κ2) is 9.24. The monoisotopic (exact) mass is 493 g/mol. The summed E-state index contributed by atoms with van der Waals surface area (Å²) in [4.78, 5) is 12.5. The SMILES string of the molecule is Cc1ccccc1C(=O)N[C@H](NC(=S)Nc1ccc(Br)cc1)C(Cl)(Cl)Cl. The highest BCUT2D eigenvalue weighted by atomic mass is 79.9. The van der Waals surface area contributed by atoms with Crippen molar-refractivity contribution in [2.45, 2.75) is 16.9 Å². The van der Waals surface area contributed by atoms with E-state index in [2.05, 4.69) is 31.9 Å². The summed E-state index contributed by atoms with van der Waals surface area (Å²) in [7, 11) is 0. The van der Waals surface area contributed by atoms with E-state index in [0.717, 1.165) is 15.7 Å². The number of hydrogen-bond donors (Lipinski definition) is 3. The molecule has 0 fully saturated rings. The molecule has 0 aliphatic heterocycles. The van der Waals surface area contributed by atoms with Gasteiger partial charge >= 0.3 is 0 Å². The minimum Gasteiger partial charge on any atom is -0.339 e. The summed E-state index contributed by atoms with van der Waals surface area (Å²) in [6.07, 6.45) is -1.03. The molecule has 4 nitrogen and oxygen atoms in total. The van der Waals surface area contributed by atoms with Crippen LogP contribution in [0, 0.1) is 6.92 Å². The summed E-state index contributed by atoms with van der Waals surface area (Å²) in [5.41, 5.74) is 2.04. The first-order valence-corrected chi connectivity index (χ1v) is 9.76. The molecule has 0 saturated carbocycles. The Morgan fingerprint density at radius 2 is 1.69 bits per heavy atom. The van der Waals surface area contributed by atoms with Gasteiger partial charge in [0.15, 0.2) is 5.11 Å². The van der Waals surface area contributed by atoms with Gasteiger partial charge in [-0.15, -0.1) is 0 Å². The first-order valence-electron chi connectivity index (χ1n) is 7.43. The largest absolute Gasteiger partial charge is 0.339 e. The predicted molar refractivity (Wildman–Crippen MR) is 116 cm³/mol. The minimum absolute atomic E-state index is 0.203. The van der Waals surface area contributed by atoms with Gasteiger partial charge in [0.25, 0.3) is 5.91 Å². The fourth-order valence-corrected chi connectivity index (χ4v) is 2.90. The van der Waals surface area contributed by atoms with E-state index in [1.165, 1.54) is 0 Å². The fraction of sp³-hybridized carbons (Fsp3) is 0.176. The molecule has 1 atom stereocenters. The van der Waals surface area contributed by atoms with Crippen molar-refractivity contribution >= 4 is 79.7 Å². The normalized spacial score (nSPS) is 12.2. The lowest BCUT2D eigenvalue weighted by atomic mass is 10.1. The van der Waals surface area contributed by atoms with Crippen LogP contribution in [0.15, 0.2) is 53.0 Å². The third kappa shape index (κ3) is 6.28. The maximum Gasteiger partial charge on any atom is 0.253 e. The lowest BCUT2D eigenvalue weighted by Gasteiger charge is -2.28. The second-order valence-electron chi connectivity index (χ2n) is 5.37. The highest BCUT2D eigenvalue weighted by molar-refractivity contribution is 9.10. The van der Waals surface area contributed by atoms with Crippen molar-refractivity contribution in [3.63, 3.8) is 0 Å². The molecule has 0 saturated heterocycles. The van der Waals surface area contributed by atoms with Crippen LogP contribution < -0.4 is 16.0 Å². The first-order chi connectivity index (χ1) is 12.2. The van der Waals surface area contributed by atoms with Gasteiger partial charge in [-0.3, -0.25) is 4.79 Å². The number of carbonyl (C=O) groups excluding carboxylic acids is 1. The van der Waals surface area contributed by atoms with E-state index in [1.54, 1.807) is 12.1 Å². The average molecular weight is 496 g/mol. The van der Waals surface area contributed by atoms with E-state index < -0.39 is 9.96 Å². The molecule has 0 spiro atoms. The predicted octanol–water partition coefficient (Wildman–Crippen LogP) is 5.17. The lowest BCUT2D eigenvalue weighted by molar-refractivity contribution is 0.0934. The van der Waals surface area contributed by atoms with Crippen molar-refractivity contribution in [1.82, 2.24) is 10.6 Å². The van der Waals surface area contributed by atoms with Crippen molar-refractivity contribution in [3.05, 3.63) is 64.1 Å². The summed E-state index contributed by atoms with van der Waals surface area (Å²) < 4.78 is -0.879. The summed E-state index contributed by atoms with van der Waals surface area (Å²) in [5, 5.41) is 8.65. The van der Waals surface area contributed by atoms with Gasteiger partial charge in [0, 0.05) is 15.7 Å². The smallest absolute Gasteiger partial charge is 0.253 e. The van der Waals surface area contributed by atoms with Crippen LogP contribution in [0.2, 0.25) is 0 Å². The highest BCUT2D eigenvalue weighted by Crippen LogP contribution is 2.29. The number of rotatable bonds is 4. The molecule has 2 aromatic carbocycles. The Bertz CT molecular complexity index is 797. The van der Waals surface area contributed by atoms with Gasteiger partial charge in [-0.05, 0) is 55.0 Å². The third-order valence-electron chi connectivity index (χ3n) is 3.37. The molecule has 0 radical (unpaired) electrons. The Labute approximate surface area is 180 Å². The number of nitrogens with one attached hydrogen (secondary N) is 3. The van der Waals surface area contributed by atoms with E-state index in [4.69, 9.17) is 47.0 Å². The molecular weight excluding hydrogens is 481 g/mol. The number of carbonyl (C=O) groups is 1. The Hall–Kier alpha value is -1.05. The second-order valence-corrected chi connectivity index (χ2v) is 9.06. The lowest BCUT2D eigenvalue weighted by Crippen LogP contribution is -2.56. The zero-order valence-electron chi connectivity index (χ0n) is 13.5. The molecule has 0 aliphatic rings. The van der Waals surface area contributed by atoms with Crippen LogP contribution in [0.4, 0.5) is 5.69 Å². The number of aryl methyl sites for hydroxylation is 1. The van der Waals surface area contributed by atoms with Crippen molar-refractivity contribution in [2.75, 3.05) is 5.32 Å². The van der Waals surface area contributed by atoms with Crippen LogP contribution >= 0.6 is 63.0 Å².